The second kappa shape index (κ2) is 178. The molecule has 0 heterocycles. The first-order chi connectivity index (χ1) is 1.00. The van der Waals surface area contributed by atoms with E-state index < -0.39 is 0 Å². The molecule has 0 aliphatic carbocycles. The molecule has 0 aliphatic rings. The van der Waals surface area contributed by atoms with Crippen LogP contribution in [0.2, 0.25) is 0 Å². The molecule has 0 N–H and O–H groups in total. The van der Waals surface area contributed by atoms with Crippen molar-refractivity contribution in [2.45, 2.75) is 0 Å². The van der Waals surface area contributed by atoms with E-state index >= 15 is 0 Å². The normalized spacial score (nSPS) is 0.857. The molecule has 0 amide bonds. The van der Waals surface area contributed by atoms with Crippen molar-refractivity contribution in [1.82, 2.24) is 0 Å². The summed E-state index contributed by atoms with van der Waals surface area (Å²) in [5, 5.41) is 0. The fraction of sp³-hybridized carbons (Fsp3) is 0. The molecule has 0 fully saturated rings. The van der Waals surface area contributed by atoms with Crippen LogP contribution >= 0.6 is 0 Å². The second-order valence-electron chi connectivity index (χ2n) is 0. The molecule has 0 atom stereocenters. The predicted molar refractivity (Wildman–Crippen MR) is 14.3 cm³/mol. The monoisotopic (exact) mass is 181 g/mol. The Balaban J connectivity index is -0.000000000500. The quantitative estimate of drug-likeness (QED) is 0.429. The zero-order chi connectivity index (χ0) is 2.00. The van der Waals surface area contributed by atoms with Crippen molar-refractivity contribution >= 4 is 34.7 Å². The van der Waals surface area contributed by atoms with E-state index in [1.54, 1.807) is 0 Å². The van der Waals surface area contributed by atoms with Gasteiger partial charge < -0.3 is 16.4 Å². The van der Waals surface area contributed by atoms with Gasteiger partial charge in [-0.1, -0.05) is 0 Å². The number of hydrogen-bond donors (Lipinski definition) is 0. The van der Waals surface area contributed by atoms with E-state index in [1.807, 2.05) is 0 Å². The van der Waals surface area contributed by atoms with Crippen LogP contribution in [0.1, 0.15) is 0 Å². The molecule has 0 saturated heterocycles. The summed E-state index contributed by atoms with van der Waals surface area (Å²) < 4.78 is 7.81. The SMILES string of the molecule is [Al+3].[Al+3].[O-2].[O-2].[O-2].[O]=[Cu]. The molecular formula is Al2CuO4. The maximum atomic E-state index is 7.81. The van der Waals surface area contributed by atoms with Crippen molar-refractivity contribution in [3.05, 3.63) is 0 Å². The Labute approximate surface area is 70.9 Å². The van der Waals surface area contributed by atoms with E-state index in [0.29, 0.717) is 0 Å². The summed E-state index contributed by atoms with van der Waals surface area (Å²) in [4.78, 5) is 0. The average Bonchev–Trinajstić information content (AvgIpc) is 1.00. The summed E-state index contributed by atoms with van der Waals surface area (Å²) in [6, 6.07) is 0. The van der Waals surface area contributed by atoms with Gasteiger partial charge in [-0.15, -0.1) is 0 Å². The standard InChI is InChI=1S/2Al.Cu.4O/q2*+3;;;3*-2. The fourth-order valence-electron chi connectivity index (χ4n) is 0. The Bertz CT molecular complexity index is 9.65. The molecule has 4 nitrogen and oxygen atoms in total. The van der Waals surface area contributed by atoms with Gasteiger partial charge in [0.25, 0.3) is 0 Å². The molecule has 0 radical (unpaired) electrons. The van der Waals surface area contributed by atoms with E-state index in [4.69, 9.17) is 3.83 Å². The van der Waals surface area contributed by atoms with Gasteiger partial charge in [-0.3, -0.25) is 0 Å². The van der Waals surface area contributed by atoms with Gasteiger partial charge in [-0.25, -0.2) is 0 Å². The van der Waals surface area contributed by atoms with Crippen molar-refractivity contribution in [1.29, 1.82) is 0 Å². The van der Waals surface area contributed by atoms with Crippen molar-refractivity contribution < 1.29 is 36.2 Å². The molecule has 0 aromatic rings. The van der Waals surface area contributed by atoms with Crippen LogP contribution in [0.4, 0.5) is 0 Å². The van der Waals surface area contributed by atoms with Gasteiger partial charge in [-0.05, 0) is 0 Å². The third-order valence-electron chi connectivity index (χ3n) is 0. The van der Waals surface area contributed by atoms with Gasteiger partial charge in [0.05, 0.1) is 0 Å². The van der Waals surface area contributed by atoms with Crippen LogP contribution in [0.3, 0.4) is 0 Å². The van der Waals surface area contributed by atoms with Crippen LogP contribution in [0.25, 0.3) is 0 Å². The van der Waals surface area contributed by atoms with Crippen LogP contribution in [0.5, 0.6) is 0 Å². The third kappa shape index (κ3) is 126. The van der Waals surface area contributed by atoms with Crippen molar-refractivity contribution in [3.63, 3.8) is 0 Å². The molecule has 0 aromatic heterocycles. The molecule has 0 aromatic carbocycles. The van der Waals surface area contributed by atoms with E-state index in [1.165, 1.54) is 0 Å². The van der Waals surface area contributed by atoms with Gasteiger partial charge in [0.2, 0.25) is 0 Å². The summed E-state index contributed by atoms with van der Waals surface area (Å²) >= 11 is 2.94. The van der Waals surface area contributed by atoms with Crippen LogP contribution in [0.15, 0.2) is 0 Å². The predicted octanol–water partition coefficient (Wildman–Crippen LogP) is -1.24. The van der Waals surface area contributed by atoms with Crippen molar-refractivity contribution in [2.75, 3.05) is 0 Å². The Kier molecular flexibility index (Phi) is 2170. The average molecular weight is 182 g/mol. The fourth-order valence-corrected chi connectivity index (χ4v) is 0. The van der Waals surface area contributed by atoms with E-state index in [-0.39, 0.29) is 51.2 Å². The first-order valence-electron chi connectivity index (χ1n) is 0.123. The molecule has 41 valence electrons. The molecule has 0 bridgehead atoms. The Morgan fingerprint density at radius 2 is 0.714 bits per heavy atom. The first-order valence-corrected chi connectivity index (χ1v) is 0.508. The Morgan fingerprint density at radius 1 is 0.714 bits per heavy atom. The second-order valence-corrected chi connectivity index (χ2v) is 0. The van der Waals surface area contributed by atoms with Gasteiger partial charge in [0.15, 0.2) is 0 Å². The van der Waals surface area contributed by atoms with Crippen molar-refractivity contribution in [2.24, 2.45) is 0 Å². The minimum absolute atomic E-state index is 0. The molecular weight excluding hydrogens is 182 g/mol. The number of hydrogen-bond acceptors (Lipinski definition) is 1. The topological polar surface area (TPSA) is 103 Å². The van der Waals surface area contributed by atoms with Gasteiger partial charge >= 0.3 is 54.5 Å². The Hall–Kier alpha value is 1.26. The molecule has 0 aliphatic heterocycles. The molecule has 7 heteroatoms. The van der Waals surface area contributed by atoms with Crippen LogP contribution in [0, 0.1) is 0 Å². The van der Waals surface area contributed by atoms with Crippen molar-refractivity contribution in [3.8, 4) is 0 Å². The molecule has 0 spiro atoms. The zero-order valence-electron chi connectivity index (χ0n) is 3.09. The molecule has 7 heavy (non-hydrogen) atoms. The first kappa shape index (κ1) is 85.1. The maximum absolute atomic E-state index is 7.81. The van der Waals surface area contributed by atoms with Crippen LogP contribution in [-0.2, 0) is 36.2 Å². The van der Waals surface area contributed by atoms with Gasteiger partial charge in [-0.2, -0.15) is 0 Å². The number of rotatable bonds is 0. The van der Waals surface area contributed by atoms with Crippen LogP contribution in [-0.4, -0.2) is 34.7 Å². The molecule has 0 rings (SSSR count). The summed E-state index contributed by atoms with van der Waals surface area (Å²) in [6.07, 6.45) is 0. The van der Waals surface area contributed by atoms with Gasteiger partial charge in [0, 0.05) is 0 Å². The third-order valence-corrected chi connectivity index (χ3v) is 0. The van der Waals surface area contributed by atoms with E-state index in [9.17, 15) is 0 Å². The molecule has 0 unspecified atom stereocenters. The minimum atomic E-state index is 0. The van der Waals surface area contributed by atoms with Crippen LogP contribution < -0.4 is 0 Å². The van der Waals surface area contributed by atoms with E-state index in [2.05, 4.69) is 15.9 Å². The summed E-state index contributed by atoms with van der Waals surface area (Å²) in [7, 11) is 0. The summed E-state index contributed by atoms with van der Waals surface area (Å²) in [5.74, 6) is 0. The Morgan fingerprint density at radius 3 is 0.714 bits per heavy atom. The summed E-state index contributed by atoms with van der Waals surface area (Å²) in [5.41, 5.74) is 0. The summed E-state index contributed by atoms with van der Waals surface area (Å²) in [6.45, 7) is 0. The van der Waals surface area contributed by atoms with E-state index in [0.717, 1.165) is 0 Å². The zero-order valence-corrected chi connectivity index (χ0v) is 6.34. The molecule has 0 saturated carbocycles. The van der Waals surface area contributed by atoms with Gasteiger partial charge in [0.1, 0.15) is 0 Å².